The van der Waals surface area contributed by atoms with E-state index in [0.717, 1.165) is 16.9 Å². The van der Waals surface area contributed by atoms with Crippen LogP contribution in [0.4, 0.5) is 0 Å². The molecule has 216 valence electrons. The molecule has 0 aliphatic carbocycles. The van der Waals surface area contributed by atoms with Gasteiger partial charge in [-0.05, 0) is 22.8 Å². The van der Waals surface area contributed by atoms with Crippen molar-refractivity contribution in [2.45, 2.75) is 57.6 Å². The lowest BCUT2D eigenvalue weighted by atomic mass is 9.85. The summed E-state index contributed by atoms with van der Waals surface area (Å²) in [5, 5.41) is 0. The first kappa shape index (κ1) is 30.8. The van der Waals surface area contributed by atoms with E-state index in [1.807, 2.05) is 82.3 Å². The van der Waals surface area contributed by atoms with Crippen LogP contribution in [0.2, 0.25) is 0 Å². The van der Waals surface area contributed by atoms with Crippen LogP contribution in [0, 0.1) is 0 Å². The van der Waals surface area contributed by atoms with Crippen molar-refractivity contribution < 1.29 is 18.8 Å². The van der Waals surface area contributed by atoms with Crippen LogP contribution in [-0.4, -0.2) is 37.0 Å². The average Bonchev–Trinajstić information content (AvgIpc) is 3.00. The Kier molecular flexibility index (Phi) is 11.4. The van der Waals surface area contributed by atoms with Crippen molar-refractivity contribution >= 4 is 7.14 Å². The Hall–Kier alpha value is -3.17. The summed E-state index contributed by atoms with van der Waals surface area (Å²) >= 11 is 0. The molecule has 1 unspecified atom stereocenters. The Bertz CT molecular complexity index is 1300. The fraction of sp³-hybridized carbons (Fsp3) is 0.333. The number of ether oxygens (including phenoxy) is 3. The predicted octanol–water partition coefficient (Wildman–Crippen LogP) is 8.99. The van der Waals surface area contributed by atoms with E-state index in [9.17, 15) is 4.57 Å². The summed E-state index contributed by atoms with van der Waals surface area (Å²) in [6.07, 6.45) is -0.159. The van der Waals surface area contributed by atoms with Gasteiger partial charge in [0.15, 0.2) is 0 Å². The molecule has 41 heavy (non-hydrogen) atoms. The van der Waals surface area contributed by atoms with E-state index in [1.54, 1.807) is 0 Å². The monoisotopic (exact) mass is 570 g/mol. The largest absolute Gasteiger partial charge is 0.490 e. The summed E-state index contributed by atoms with van der Waals surface area (Å²) < 4.78 is 32.7. The second-order valence-electron chi connectivity index (χ2n) is 11.1. The SMILES string of the molecule is CC(C)P(=O)(COC(COCc1ccccc1)COc1ccccc1C(c1ccccc1)c1ccccc1)C(C)C. The molecule has 0 amide bonds. The molecule has 5 heteroatoms. The quantitative estimate of drug-likeness (QED) is 0.106. The van der Waals surface area contributed by atoms with Crippen molar-refractivity contribution in [1.29, 1.82) is 0 Å². The number of hydrogen-bond acceptors (Lipinski definition) is 4. The first-order valence-electron chi connectivity index (χ1n) is 14.5. The standard InChI is InChI=1S/C36H43O4P/c1-28(2)41(37,29(3)4)27-40-33(25-38-24-30-16-8-5-9-17-30)26-39-35-23-15-14-22-34(35)36(31-18-10-6-11-19-31)32-20-12-7-13-21-32/h5-23,28-29,33,36H,24-27H2,1-4H3. The highest BCUT2D eigenvalue weighted by Crippen LogP contribution is 2.55. The minimum absolute atomic E-state index is 0.0180. The van der Waals surface area contributed by atoms with Crippen LogP contribution in [0.25, 0.3) is 0 Å². The van der Waals surface area contributed by atoms with Crippen molar-refractivity contribution in [1.82, 2.24) is 0 Å². The number of benzene rings is 4. The van der Waals surface area contributed by atoms with Gasteiger partial charge in [-0.25, -0.2) is 0 Å². The van der Waals surface area contributed by atoms with Gasteiger partial charge in [-0.15, -0.1) is 0 Å². The summed E-state index contributed by atoms with van der Waals surface area (Å²) in [5.74, 6) is 0.821. The van der Waals surface area contributed by atoms with Crippen LogP contribution < -0.4 is 4.74 Å². The smallest absolute Gasteiger partial charge is 0.123 e. The third-order valence-corrected chi connectivity index (χ3v) is 11.6. The molecule has 0 spiro atoms. The number of rotatable bonds is 15. The zero-order chi connectivity index (χ0) is 29.1. The van der Waals surface area contributed by atoms with Gasteiger partial charge in [-0.3, -0.25) is 0 Å². The van der Waals surface area contributed by atoms with Crippen LogP contribution in [0.3, 0.4) is 0 Å². The molecule has 0 radical (unpaired) electrons. The van der Waals surface area contributed by atoms with Crippen molar-refractivity contribution in [2.75, 3.05) is 19.6 Å². The van der Waals surface area contributed by atoms with Gasteiger partial charge in [0.05, 0.1) is 13.2 Å². The molecule has 0 aliphatic heterocycles. The van der Waals surface area contributed by atoms with Crippen LogP contribution in [-0.2, 0) is 20.6 Å². The van der Waals surface area contributed by atoms with Crippen molar-refractivity contribution in [3.8, 4) is 5.75 Å². The first-order valence-corrected chi connectivity index (χ1v) is 16.5. The lowest BCUT2D eigenvalue weighted by molar-refractivity contribution is -0.0274. The molecule has 1 atom stereocenters. The fourth-order valence-corrected chi connectivity index (χ4v) is 7.25. The van der Waals surface area contributed by atoms with E-state index in [4.69, 9.17) is 14.2 Å². The molecule has 4 nitrogen and oxygen atoms in total. The molecule has 4 rings (SSSR count). The highest BCUT2D eigenvalue weighted by Gasteiger charge is 2.32. The van der Waals surface area contributed by atoms with Gasteiger partial charge < -0.3 is 18.8 Å². The summed E-state index contributed by atoms with van der Waals surface area (Å²) in [6, 6.07) is 39.3. The lowest BCUT2D eigenvalue weighted by Gasteiger charge is -2.29. The highest BCUT2D eigenvalue weighted by atomic mass is 31.2. The van der Waals surface area contributed by atoms with Gasteiger partial charge in [0.25, 0.3) is 0 Å². The van der Waals surface area contributed by atoms with E-state index in [0.29, 0.717) is 13.2 Å². The Balaban J connectivity index is 1.55. The summed E-state index contributed by atoms with van der Waals surface area (Å²) in [6.45, 7) is 9.19. The number of hydrogen-bond donors (Lipinski definition) is 0. The normalized spacial score (nSPS) is 12.7. The Labute approximate surface area is 246 Å². The molecule has 0 saturated carbocycles. The summed E-state index contributed by atoms with van der Waals surface area (Å²) in [4.78, 5) is 0. The van der Waals surface area contributed by atoms with Gasteiger partial charge in [-0.2, -0.15) is 0 Å². The van der Waals surface area contributed by atoms with E-state index in [1.165, 1.54) is 11.1 Å². The average molecular weight is 571 g/mol. The lowest BCUT2D eigenvalue weighted by Crippen LogP contribution is -2.29. The topological polar surface area (TPSA) is 44.8 Å². The second-order valence-corrected chi connectivity index (χ2v) is 15.1. The predicted molar refractivity (Wildman–Crippen MR) is 169 cm³/mol. The maximum atomic E-state index is 13.7. The minimum Gasteiger partial charge on any atom is -0.490 e. The van der Waals surface area contributed by atoms with E-state index < -0.39 is 7.14 Å². The third-order valence-electron chi connectivity index (χ3n) is 7.60. The van der Waals surface area contributed by atoms with Gasteiger partial charge in [0.1, 0.15) is 32.0 Å². The Morgan fingerprint density at radius 2 is 1.15 bits per heavy atom. The molecule has 0 saturated heterocycles. The van der Waals surface area contributed by atoms with Crippen molar-refractivity contribution in [2.24, 2.45) is 0 Å². The molecule has 0 heterocycles. The highest BCUT2D eigenvalue weighted by molar-refractivity contribution is 7.65. The van der Waals surface area contributed by atoms with E-state index in [-0.39, 0.29) is 36.3 Å². The third kappa shape index (κ3) is 8.42. The van der Waals surface area contributed by atoms with Crippen LogP contribution >= 0.6 is 7.14 Å². The maximum Gasteiger partial charge on any atom is 0.123 e. The molecule has 0 aromatic heterocycles. The zero-order valence-electron chi connectivity index (χ0n) is 24.7. The molecule has 0 aliphatic rings. The van der Waals surface area contributed by atoms with Crippen LogP contribution in [0.1, 0.15) is 55.9 Å². The summed E-state index contributed by atoms with van der Waals surface area (Å²) in [5.41, 5.74) is 4.68. The molecular formula is C36H43O4P. The van der Waals surface area contributed by atoms with Crippen molar-refractivity contribution in [3.05, 3.63) is 138 Å². The van der Waals surface area contributed by atoms with E-state index in [2.05, 4.69) is 60.7 Å². The maximum absolute atomic E-state index is 13.7. The van der Waals surface area contributed by atoms with Crippen LogP contribution in [0.15, 0.2) is 115 Å². The van der Waals surface area contributed by atoms with Gasteiger partial charge in [0, 0.05) is 22.8 Å². The first-order chi connectivity index (χ1) is 19.9. The Morgan fingerprint density at radius 1 is 0.634 bits per heavy atom. The minimum atomic E-state index is -2.54. The zero-order valence-corrected chi connectivity index (χ0v) is 25.6. The second kappa shape index (κ2) is 15.2. The molecule has 0 fully saturated rings. The van der Waals surface area contributed by atoms with Gasteiger partial charge in [-0.1, -0.05) is 137 Å². The fourth-order valence-electron chi connectivity index (χ4n) is 5.02. The van der Waals surface area contributed by atoms with Gasteiger partial charge in [0.2, 0.25) is 0 Å². The van der Waals surface area contributed by atoms with Gasteiger partial charge >= 0.3 is 0 Å². The van der Waals surface area contributed by atoms with Crippen molar-refractivity contribution in [3.63, 3.8) is 0 Å². The molecule has 4 aromatic rings. The molecule has 0 bridgehead atoms. The molecular weight excluding hydrogens is 527 g/mol. The van der Waals surface area contributed by atoms with E-state index >= 15 is 0 Å². The Morgan fingerprint density at radius 3 is 1.71 bits per heavy atom. The van der Waals surface area contributed by atoms with Crippen LogP contribution in [0.5, 0.6) is 5.75 Å². The molecule has 0 N–H and O–H groups in total. The molecule has 4 aromatic carbocycles. The number of para-hydroxylation sites is 1. The summed E-state index contributed by atoms with van der Waals surface area (Å²) in [7, 11) is -2.54.